The molecular weight excluding hydrogens is 491 g/mol. The number of anilines is 3. The Hall–Kier alpha value is -3.25. The van der Waals surface area contributed by atoms with E-state index in [0.29, 0.717) is 28.4 Å². The highest BCUT2D eigenvalue weighted by Gasteiger charge is 2.34. The number of likely N-dealkylation sites (tertiary alicyclic amines) is 1. The van der Waals surface area contributed by atoms with Crippen molar-refractivity contribution in [2.24, 2.45) is 5.92 Å². The van der Waals surface area contributed by atoms with Crippen molar-refractivity contribution in [3.05, 3.63) is 47.3 Å². The lowest BCUT2D eigenvalue weighted by Crippen LogP contribution is -2.33. The van der Waals surface area contributed by atoms with E-state index < -0.39 is 17.8 Å². The summed E-state index contributed by atoms with van der Waals surface area (Å²) in [7, 11) is 1.71. The van der Waals surface area contributed by atoms with Crippen LogP contribution in [-0.2, 0) is 12.7 Å². The Labute approximate surface area is 211 Å². The first kappa shape index (κ1) is 25.8. The number of urea groups is 1. The minimum Gasteiger partial charge on any atom is -0.357 e. The molecule has 2 amide bonds. The zero-order valence-electron chi connectivity index (χ0n) is 20.2. The molecule has 0 aliphatic carbocycles. The molecule has 3 heterocycles. The zero-order valence-corrected chi connectivity index (χ0v) is 21.1. The van der Waals surface area contributed by atoms with Crippen molar-refractivity contribution in [2.45, 2.75) is 39.4 Å². The van der Waals surface area contributed by atoms with Gasteiger partial charge >= 0.3 is 12.2 Å². The molecule has 1 fully saturated rings. The molecule has 0 atom stereocenters. The second kappa shape index (κ2) is 10.8. The summed E-state index contributed by atoms with van der Waals surface area (Å²) in [5.41, 5.74) is 0.821. The summed E-state index contributed by atoms with van der Waals surface area (Å²) >= 11 is 1.21. The van der Waals surface area contributed by atoms with Crippen LogP contribution in [0.4, 0.5) is 34.7 Å². The lowest BCUT2D eigenvalue weighted by molar-refractivity contribution is -0.138. The fraction of sp³-hybridized carbons (Fsp3) is 0.417. The number of benzene rings is 1. The fourth-order valence-corrected chi connectivity index (χ4v) is 5.00. The van der Waals surface area contributed by atoms with Crippen molar-refractivity contribution in [1.82, 2.24) is 19.9 Å². The smallest absolute Gasteiger partial charge is 0.357 e. The number of alkyl halides is 3. The van der Waals surface area contributed by atoms with Crippen molar-refractivity contribution in [3.63, 3.8) is 0 Å². The first-order valence-corrected chi connectivity index (χ1v) is 12.4. The van der Waals surface area contributed by atoms with Crippen LogP contribution in [-0.4, -0.2) is 46.0 Å². The zero-order chi connectivity index (χ0) is 25.9. The SMILES string of the molecule is CNc1nccc(-c2sc(NC(=O)Nc3ccc(CN4CCC(C)CC4)c(C(F)(F)F)c3)nc2C)n1. The third-order valence-electron chi connectivity index (χ3n) is 6.07. The van der Waals surface area contributed by atoms with Crippen molar-refractivity contribution in [3.8, 4) is 10.6 Å². The number of aryl methyl sites for hydroxylation is 1. The van der Waals surface area contributed by atoms with Crippen LogP contribution in [0.15, 0.2) is 30.5 Å². The van der Waals surface area contributed by atoms with Crippen molar-refractivity contribution >= 4 is 34.1 Å². The molecule has 1 aliphatic heterocycles. The molecule has 192 valence electrons. The Morgan fingerprint density at radius 3 is 2.61 bits per heavy atom. The summed E-state index contributed by atoms with van der Waals surface area (Å²) in [5.74, 6) is 1.05. The number of amides is 2. The molecule has 4 rings (SSSR count). The van der Waals surface area contributed by atoms with E-state index in [4.69, 9.17) is 0 Å². The standard InChI is InChI=1S/C24H28F3N7OS/c1-14-7-10-34(11-8-14)13-16-4-5-17(12-18(16)24(25,26)27)31-22(35)33-23-30-15(2)20(36-23)19-6-9-29-21(28-3)32-19/h4-6,9,12,14H,7-8,10-11,13H2,1-3H3,(H,28,29,32)(H2,30,31,33,35). The van der Waals surface area contributed by atoms with Gasteiger partial charge in [0.15, 0.2) is 5.13 Å². The molecule has 0 radical (unpaired) electrons. The minimum atomic E-state index is -4.53. The van der Waals surface area contributed by atoms with Gasteiger partial charge in [0.05, 0.1) is 21.8 Å². The van der Waals surface area contributed by atoms with Crippen LogP contribution in [0, 0.1) is 12.8 Å². The highest BCUT2D eigenvalue weighted by molar-refractivity contribution is 7.19. The third-order valence-corrected chi connectivity index (χ3v) is 7.17. The number of thiazole rings is 1. The number of nitrogens with zero attached hydrogens (tertiary/aromatic N) is 4. The molecule has 12 heteroatoms. The van der Waals surface area contributed by atoms with Crippen LogP contribution < -0.4 is 16.0 Å². The van der Waals surface area contributed by atoms with Crippen LogP contribution in [0.5, 0.6) is 0 Å². The number of carbonyl (C=O) groups is 1. The molecule has 3 N–H and O–H groups in total. The van der Waals surface area contributed by atoms with Gasteiger partial charge in [0.1, 0.15) is 0 Å². The topological polar surface area (TPSA) is 95.1 Å². The minimum absolute atomic E-state index is 0.0544. The van der Waals surface area contributed by atoms with Gasteiger partial charge in [0.2, 0.25) is 5.95 Å². The first-order valence-electron chi connectivity index (χ1n) is 11.6. The van der Waals surface area contributed by atoms with Crippen LogP contribution in [0.3, 0.4) is 0 Å². The molecule has 0 bridgehead atoms. The molecule has 1 saturated heterocycles. The van der Waals surface area contributed by atoms with Gasteiger partial charge in [-0.15, -0.1) is 0 Å². The molecule has 0 unspecified atom stereocenters. The summed E-state index contributed by atoms with van der Waals surface area (Å²) in [4.78, 5) is 28.2. The van der Waals surface area contributed by atoms with Gasteiger partial charge in [0, 0.05) is 25.5 Å². The molecule has 36 heavy (non-hydrogen) atoms. The van der Waals surface area contributed by atoms with E-state index in [2.05, 4.69) is 37.8 Å². The summed E-state index contributed by atoms with van der Waals surface area (Å²) in [6.07, 6.45) is -0.960. The monoisotopic (exact) mass is 519 g/mol. The predicted octanol–water partition coefficient (Wildman–Crippen LogP) is 5.84. The van der Waals surface area contributed by atoms with E-state index in [0.717, 1.165) is 36.9 Å². The van der Waals surface area contributed by atoms with E-state index in [1.807, 2.05) is 4.90 Å². The second-order valence-electron chi connectivity index (χ2n) is 8.86. The van der Waals surface area contributed by atoms with E-state index in [-0.39, 0.29) is 17.8 Å². The average Bonchev–Trinajstić information content (AvgIpc) is 3.20. The number of piperidine rings is 1. The van der Waals surface area contributed by atoms with Gasteiger partial charge in [-0.3, -0.25) is 10.2 Å². The molecule has 0 spiro atoms. The maximum Gasteiger partial charge on any atom is 0.416 e. The lowest BCUT2D eigenvalue weighted by atomic mass is 9.98. The number of hydrogen-bond acceptors (Lipinski definition) is 7. The number of aromatic nitrogens is 3. The van der Waals surface area contributed by atoms with Gasteiger partial charge in [0.25, 0.3) is 0 Å². The maximum atomic E-state index is 13.8. The average molecular weight is 520 g/mol. The maximum absolute atomic E-state index is 13.8. The Morgan fingerprint density at radius 1 is 1.17 bits per heavy atom. The van der Waals surface area contributed by atoms with Crippen LogP contribution in [0.1, 0.15) is 36.6 Å². The van der Waals surface area contributed by atoms with Gasteiger partial charge in [-0.05, 0) is 62.5 Å². The third kappa shape index (κ3) is 6.30. The summed E-state index contributed by atoms with van der Waals surface area (Å²) in [5, 5.41) is 8.26. The van der Waals surface area contributed by atoms with Crippen LogP contribution >= 0.6 is 11.3 Å². The number of halogens is 3. The van der Waals surface area contributed by atoms with Crippen molar-refractivity contribution in [1.29, 1.82) is 0 Å². The largest absolute Gasteiger partial charge is 0.416 e. The molecule has 1 aromatic carbocycles. The number of carbonyl (C=O) groups excluding carboxylic acids is 1. The summed E-state index contributed by atoms with van der Waals surface area (Å²) in [6.45, 7) is 5.73. The molecule has 1 aliphatic rings. The highest BCUT2D eigenvalue weighted by atomic mass is 32.1. The number of nitrogens with one attached hydrogen (secondary N) is 3. The second-order valence-corrected chi connectivity index (χ2v) is 9.86. The Bertz CT molecular complexity index is 1220. The van der Waals surface area contributed by atoms with E-state index in [1.54, 1.807) is 26.2 Å². The summed E-state index contributed by atoms with van der Waals surface area (Å²) < 4.78 is 41.5. The molecule has 2 aromatic heterocycles. The van der Waals surface area contributed by atoms with E-state index >= 15 is 0 Å². The van der Waals surface area contributed by atoms with Crippen molar-refractivity contribution in [2.75, 3.05) is 36.1 Å². The van der Waals surface area contributed by atoms with Gasteiger partial charge in [-0.1, -0.05) is 24.3 Å². The first-order chi connectivity index (χ1) is 17.1. The van der Waals surface area contributed by atoms with E-state index in [9.17, 15) is 18.0 Å². The number of hydrogen-bond donors (Lipinski definition) is 3. The number of rotatable bonds is 6. The molecule has 8 nitrogen and oxygen atoms in total. The van der Waals surface area contributed by atoms with Crippen molar-refractivity contribution < 1.29 is 18.0 Å². The van der Waals surface area contributed by atoms with Crippen LogP contribution in [0.2, 0.25) is 0 Å². The molecule has 0 saturated carbocycles. The van der Waals surface area contributed by atoms with Gasteiger partial charge in [-0.2, -0.15) is 13.2 Å². The Balaban J connectivity index is 1.46. The Morgan fingerprint density at radius 2 is 1.92 bits per heavy atom. The van der Waals surface area contributed by atoms with E-state index in [1.165, 1.54) is 23.5 Å². The summed E-state index contributed by atoms with van der Waals surface area (Å²) in [6, 6.07) is 4.97. The normalized spacial score (nSPS) is 15.1. The predicted molar refractivity (Wildman–Crippen MR) is 135 cm³/mol. The fourth-order valence-electron chi connectivity index (χ4n) is 4.07. The van der Waals surface area contributed by atoms with Gasteiger partial charge in [-0.25, -0.2) is 19.7 Å². The lowest BCUT2D eigenvalue weighted by Gasteiger charge is -2.31. The molecular formula is C24H28F3N7OS. The quantitative estimate of drug-likeness (QED) is 0.379. The van der Waals surface area contributed by atoms with Crippen LogP contribution in [0.25, 0.3) is 10.6 Å². The highest BCUT2D eigenvalue weighted by Crippen LogP contribution is 2.35. The molecule has 3 aromatic rings. The van der Waals surface area contributed by atoms with Gasteiger partial charge < -0.3 is 10.6 Å². The Kier molecular flexibility index (Phi) is 7.74.